The Balaban J connectivity index is 0.855. The Morgan fingerprint density at radius 1 is 0.973 bits per heavy atom. The number of aryl methyl sites for hydroxylation is 1. The highest BCUT2D eigenvalue weighted by Gasteiger charge is 2.51. The molecule has 4 amide bonds. The van der Waals surface area contributed by atoms with Crippen molar-refractivity contribution >= 4 is 63.7 Å². The summed E-state index contributed by atoms with van der Waals surface area (Å²) in [7, 11) is 0. The van der Waals surface area contributed by atoms with Crippen molar-refractivity contribution in [3.63, 3.8) is 0 Å². The number of ether oxygens (including phenoxy) is 2. The smallest absolute Gasteiger partial charge is 0.417 e. The Labute approximate surface area is 430 Å². The lowest BCUT2D eigenvalue weighted by atomic mass is 9.85. The zero-order valence-electron chi connectivity index (χ0n) is 41.0. The Morgan fingerprint density at radius 3 is 2.21 bits per heavy atom. The molecule has 4 atom stereocenters. The van der Waals surface area contributed by atoms with Crippen LogP contribution in [0.1, 0.15) is 69.8 Å². The summed E-state index contributed by atoms with van der Waals surface area (Å²) in [5.74, 6) is -1.53. The van der Waals surface area contributed by atoms with Crippen molar-refractivity contribution < 1.29 is 52.0 Å². The number of β-amino-alcohol motifs (C(OH)–C–C–N with tert-alkyl or cyclic N) is 1. The van der Waals surface area contributed by atoms with E-state index in [1.165, 1.54) is 11.0 Å². The van der Waals surface area contributed by atoms with Crippen LogP contribution in [0.4, 0.5) is 24.5 Å². The maximum absolute atomic E-state index is 14.0. The first-order chi connectivity index (χ1) is 34.5. The van der Waals surface area contributed by atoms with Crippen molar-refractivity contribution in [1.29, 1.82) is 5.26 Å². The summed E-state index contributed by atoms with van der Waals surface area (Å²) in [6.07, 6.45) is -6.49. The number of carbonyl (C=O) groups excluding carboxylic acids is 4. The van der Waals surface area contributed by atoms with Gasteiger partial charge in [0.25, 0.3) is 5.91 Å². The van der Waals surface area contributed by atoms with Crippen LogP contribution in [-0.4, -0.2) is 105 Å². The van der Waals surface area contributed by atoms with E-state index in [1.54, 1.807) is 86.7 Å². The fraction of sp³-hybridized carbons (Fsp3) is 0.377. The summed E-state index contributed by atoms with van der Waals surface area (Å²) in [6, 6.07) is 24.7. The van der Waals surface area contributed by atoms with E-state index < -0.39 is 82.8 Å². The molecular formula is C53H56F3N7O8S2. The maximum Gasteiger partial charge on any atom is 0.417 e. The molecule has 15 nitrogen and oxygen atoms in total. The molecule has 2 fully saturated rings. The molecule has 0 saturated carbocycles. The molecule has 2 aliphatic heterocycles. The summed E-state index contributed by atoms with van der Waals surface area (Å²) in [6.45, 7) is 10.2. The van der Waals surface area contributed by atoms with Gasteiger partial charge in [0.05, 0.1) is 64.4 Å². The molecule has 0 aliphatic carbocycles. The number of anilines is 2. The number of hydrogen-bond acceptors (Lipinski definition) is 12. The minimum Gasteiger partial charge on any atom is -0.493 e. The fourth-order valence-electron chi connectivity index (χ4n) is 8.67. The summed E-state index contributed by atoms with van der Waals surface area (Å²) in [4.78, 5) is 63.5. The first kappa shape index (κ1) is 54.0. The minimum atomic E-state index is -4.82. The predicted octanol–water partition coefficient (Wildman–Crippen LogP) is 7.55. The van der Waals surface area contributed by atoms with Crippen LogP contribution in [-0.2, 0) is 36.6 Å². The molecule has 73 heavy (non-hydrogen) atoms. The number of nitriles is 1. The van der Waals surface area contributed by atoms with Crippen LogP contribution in [0.15, 0.2) is 96.5 Å². The number of aliphatic hydroxyl groups excluding tert-OH is 2. The molecule has 0 bridgehead atoms. The second-order valence-corrected chi connectivity index (χ2v) is 20.7. The molecule has 4 N–H and O–H groups in total. The minimum absolute atomic E-state index is 0.0155. The van der Waals surface area contributed by atoms with Crippen molar-refractivity contribution in [2.75, 3.05) is 36.2 Å². The first-order valence-electron chi connectivity index (χ1n) is 23.4. The number of benzene rings is 4. The molecule has 1 aromatic heterocycles. The number of halogens is 3. The number of likely N-dealkylation sites (tertiary alicyclic amines) is 1. The van der Waals surface area contributed by atoms with Gasteiger partial charge in [-0.25, -0.2) is 4.98 Å². The van der Waals surface area contributed by atoms with Crippen molar-refractivity contribution in [2.45, 2.75) is 96.9 Å². The van der Waals surface area contributed by atoms with Crippen molar-refractivity contribution in [2.24, 2.45) is 5.41 Å². The fourth-order valence-corrected chi connectivity index (χ4v) is 10.0. The molecule has 5 aromatic rings. The van der Waals surface area contributed by atoms with Crippen LogP contribution < -0.4 is 25.2 Å². The van der Waals surface area contributed by atoms with Crippen LogP contribution in [0.25, 0.3) is 21.6 Å². The lowest BCUT2D eigenvalue weighted by Gasteiger charge is -2.35. The summed E-state index contributed by atoms with van der Waals surface area (Å²) < 4.78 is 52.7. The van der Waals surface area contributed by atoms with Crippen LogP contribution in [0.2, 0.25) is 0 Å². The zero-order chi connectivity index (χ0) is 53.0. The van der Waals surface area contributed by atoms with Gasteiger partial charge in [0, 0.05) is 31.6 Å². The van der Waals surface area contributed by atoms with E-state index in [-0.39, 0.29) is 49.9 Å². The number of thiazole rings is 1. The molecular weight excluding hydrogens is 984 g/mol. The number of nitrogens with one attached hydrogen (secondary N) is 2. The molecule has 20 heteroatoms. The van der Waals surface area contributed by atoms with Gasteiger partial charge in [-0.3, -0.25) is 24.1 Å². The van der Waals surface area contributed by atoms with Crippen molar-refractivity contribution in [3.8, 4) is 33.4 Å². The Morgan fingerprint density at radius 2 is 1.60 bits per heavy atom. The first-order valence-corrected chi connectivity index (χ1v) is 24.7. The van der Waals surface area contributed by atoms with E-state index in [4.69, 9.17) is 21.7 Å². The number of rotatable bonds is 17. The quantitative estimate of drug-likeness (QED) is 0.0669. The largest absolute Gasteiger partial charge is 0.493 e. The van der Waals surface area contributed by atoms with E-state index in [1.807, 2.05) is 55.5 Å². The topological polar surface area (TPSA) is 198 Å². The molecule has 4 aromatic carbocycles. The lowest BCUT2D eigenvalue weighted by Crippen LogP contribution is -2.58. The number of alkyl halides is 3. The van der Waals surface area contributed by atoms with E-state index in [0.717, 1.165) is 49.9 Å². The number of aliphatic hydroxyl groups is 2. The molecule has 0 radical (unpaired) electrons. The van der Waals surface area contributed by atoms with Gasteiger partial charge in [-0.1, -0.05) is 69.3 Å². The highest BCUT2D eigenvalue weighted by atomic mass is 32.1. The number of hydrogen-bond donors (Lipinski definition) is 4. The van der Waals surface area contributed by atoms with Gasteiger partial charge in [0.1, 0.15) is 30.0 Å². The molecule has 7 rings (SSSR count). The maximum atomic E-state index is 14.0. The van der Waals surface area contributed by atoms with E-state index in [0.29, 0.717) is 11.4 Å². The van der Waals surface area contributed by atoms with Crippen LogP contribution in [0.3, 0.4) is 0 Å². The SMILES string of the molecule is Cc1ncsc1-c1ccc(CNC(=O)[C@@H]2C[C@@H](O)CN2C(=O)[C@@H](NC(=O)COC[C@H](O)CCOc2ccc(-c3ccc(N4C(=S)N(c5ccc(C#N)c(C(F)(F)F)c5)C(=O)C4(C)C)cc3)cc2)C(C)(C)C)cc1. The Hall–Kier alpha value is -6.76. The highest BCUT2D eigenvalue weighted by Crippen LogP contribution is 2.40. The third-order valence-electron chi connectivity index (χ3n) is 12.6. The number of aromatic nitrogens is 1. The number of carbonyl (C=O) groups is 4. The molecule has 0 unspecified atom stereocenters. The van der Waals surface area contributed by atoms with Gasteiger partial charge >= 0.3 is 6.18 Å². The van der Waals surface area contributed by atoms with Gasteiger partial charge in [0.2, 0.25) is 17.7 Å². The van der Waals surface area contributed by atoms with Gasteiger partial charge in [-0.15, -0.1) is 11.3 Å². The molecule has 0 spiro atoms. The highest BCUT2D eigenvalue weighted by molar-refractivity contribution is 7.81. The van der Waals surface area contributed by atoms with Gasteiger partial charge in [-0.2, -0.15) is 18.4 Å². The van der Waals surface area contributed by atoms with Crippen molar-refractivity contribution in [1.82, 2.24) is 20.5 Å². The standard InChI is InChI=1S/C53H56F3N7O8S2/c1-31-45(73-30-59-31)35-9-7-32(8-10-35)26-58-47(67)43-24-40(65)27-61(43)48(68)46(51(2,3)4)60-44(66)29-70-28-39(64)21-22-71-41-19-14-34(15-20-41)33-11-16-37(17-12-33)63-50(72)62(49(69)52(63,5)6)38-18-13-36(25-57)42(23-38)53(54,55)56/h7-20,23,30,39-40,43,46,64-65H,21-22,24,26-29H2,1-6H3,(H,58,67)(H,60,66)/t39-,40-,43+,46-/m1/s1. The molecule has 2 saturated heterocycles. The van der Waals surface area contributed by atoms with Gasteiger partial charge in [0.15, 0.2) is 5.11 Å². The van der Waals surface area contributed by atoms with Crippen LogP contribution in [0.5, 0.6) is 5.75 Å². The second-order valence-electron chi connectivity index (χ2n) is 19.5. The van der Waals surface area contributed by atoms with Crippen LogP contribution in [0, 0.1) is 23.7 Å². The third-order valence-corrected chi connectivity index (χ3v) is 14.0. The van der Waals surface area contributed by atoms with E-state index >= 15 is 0 Å². The summed E-state index contributed by atoms with van der Waals surface area (Å²) in [5, 5.41) is 36.0. The average molecular weight is 1040 g/mol. The van der Waals surface area contributed by atoms with Crippen LogP contribution >= 0.6 is 23.6 Å². The molecule has 384 valence electrons. The average Bonchev–Trinajstić information content (AvgIpc) is 4.01. The predicted molar refractivity (Wildman–Crippen MR) is 273 cm³/mol. The molecule has 2 aliphatic rings. The van der Waals surface area contributed by atoms with Gasteiger partial charge < -0.3 is 40.1 Å². The Kier molecular flexibility index (Phi) is 16.4. The second kappa shape index (κ2) is 22.2. The summed E-state index contributed by atoms with van der Waals surface area (Å²) in [5.41, 5.74) is 2.95. The normalized spacial score (nSPS) is 17.6. The number of thiocarbonyl (C=S) groups is 1. The van der Waals surface area contributed by atoms with E-state index in [9.17, 15) is 47.8 Å². The third kappa shape index (κ3) is 12.4. The van der Waals surface area contributed by atoms with E-state index in [2.05, 4.69) is 15.6 Å². The molecule has 3 heterocycles. The lowest BCUT2D eigenvalue weighted by molar-refractivity contribution is -0.144. The van der Waals surface area contributed by atoms with Gasteiger partial charge in [-0.05, 0) is 103 Å². The van der Waals surface area contributed by atoms with Crippen molar-refractivity contribution in [3.05, 3.63) is 119 Å². The summed E-state index contributed by atoms with van der Waals surface area (Å²) >= 11 is 7.21. The number of amides is 4. The zero-order valence-corrected chi connectivity index (χ0v) is 42.7. The number of nitrogens with zero attached hydrogens (tertiary/aromatic N) is 5. The Bertz CT molecular complexity index is 2880. The monoisotopic (exact) mass is 1040 g/mol.